The number of aromatic amines is 1. The molecule has 0 bridgehead atoms. The van der Waals surface area contributed by atoms with Gasteiger partial charge in [0, 0.05) is 16.2 Å². The van der Waals surface area contributed by atoms with E-state index < -0.39 is 0 Å². The summed E-state index contributed by atoms with van der Waals surface area (Å²) in [6.45, 7) is 4.09. The molecular formula is C14H12BrN3. The van der Waals surface area contributed by atoms with Crippen LogP contribution in [0.4, 0.5) is 0 Å². The molecule has 0 aliphatic rings. The maximum absolute atomic E-state index is 4.53. The van der Waals surface area contributed by atoms with Gasteiger partial charge in [-0.2, -0.15) is 0 Å². The Balaban J connectivity index is 2.22. The first kappa shape index (κ1) is 11.4. The summed E-state index contributed by atoms with van der Waals surface area (Å²) >= 11 is 3.61. The number of rotatable bonds is 1. The fourth-order valence-corrected chi connectivity index (χ4v) is 2.41. The SMILES string of the molecule is Cc1cnc2nc(-c3cccc(C)c3Br)[nH]c2c1. The van der Waals surface area contributed by atoms with Crippen LogP contribution in [0.3, 0.4) is 0 Å². The Morgan fingerprint density at radius 3 is 2.89 bits per heavy atom. The van der Waals surface area contributed by atoms with Crippen LogP contribution < -0.4 is 0 Å². The molecule has 0 aliphatic heterocycles. The normalized spacial score (nSPS) is 11.1. The van der Waals surface area contributed by atoms with Gasteiger partial charge in [-0.25, -0.2) is 9.97 Å². The molecule has 0 amide bonds. The van der Waals surface area contributed by atoms with E-state index in [0.717, 1.165) is 32.6 Å². The van der Waals surface area contributed by atoms with Crippen molar-refractivity contribution in [3.63, 3.8) is 0 Å². The Kier molecular flexibility index (Phi) is 2.67. The van der Waals surface area contributed by atoms with Crippen molar-refractivity contribution in [1.29, 1.82) is 0 Å². The van der Waals surface area contributed by atoms with Crippen LogP contribution in [-0.2, 0) is 0 Å². The van der Waals surface area contributed by atoms with E-state index in [1.54, 1.807) is 0 Å². The highest BCUT2D eigenvalue weighted by Crippen LogP contribution is 2.29. The third-order valence-corrected chi connectivity index (χ3v) is 3.97. The van der Waals surface area contributed by atoms with E-state index in [9.17, 15) is 0 Å². The highest BCUT2D eigenvalue weighted by Gasteiger charge is 2.10. The van der Waals surface area contributed by atoms with Gasteiger partial charge in [0.25, 0.3) is 0 Å². The third-order valence-electron chi connectivity index (χ3n) is 2.92. The average molecular weight is 302 g/mol. The van der Waals surface area contributed by atoms with E-state index in [0.29, 0.717) is 0 Å². The number of nitrogens with zero attached hydrogens (tertiary/aromatic N) is 2. The fourth-order valence-electron chi connectivity index (χ4n) is 1.96. The zero-order chi connectivity index (χ0) is 12.7. The van der Waals surface area contributed by atoms with Gasteiger partial charge in [-0.3, -0.25) is 0 Å². The summed E-state index contributed by atoms with van der Waals surface area (Å²) in [6.07, 6.45) is 1.83. The van der Waals surface area contributed by atoms with Crippen molar-refractivity contribution in [3.8, 4) is 11.4 Å². The van der Waals surface area contributed by atoms with Crippen molar-refractivity contribution in [1.82, 2.24) is 15.0 Å². The summed E-state index contributed by atoms with van der Waals surface area (Å²) in [7, 11) is 0. The second-order valence-electron chi connectivity index (χ2n) is 4.41. The number of imidazole rings is 1. The Labute approximate surface area is 113 Å². The van der Waals surface area contributed by atoms with Gasteiger partial charge in [0.05, 0.1) is 5.52 Å². The molecular weight excluding hydrogens is 290 g/mol. The lowest BCUT2D eigenvalue weighted by molar-refractivity contribution is 1.27. The molecule has 1 N–H and O–H groups in total. The van der Waals surface area contributed by atoms with Crippen molar-refractivity contribution in [3.05, 3.63) is 46.1 Å². The van der Waals surface area contributed by atoms with Crippen molar-refractivity contribution >= 4 is 27.1 Å². The van der Waals surface area contributed by atoms with Gasteiger partial charge in [-0.15, -0.1) is 0 Å². The number of nitrogens with one attached hydrogen (secondary N) is 1. The summed E-state index contributed by atoms with van der Waals surface area (Å²) in [4.78, 5) is 12.2. The molecule has 0 unspecified atom stereocenters. The molecule has 0 atom stereocenters. The lowest BCUT2D eigenvalue weighted by Gasteiger charge is -2.03. The minimum Gasteiger partial charge on any atom is -0.337 e. The van der Waals surface area contributed by atoms with Crippen LogP contribution in [0.25, 0.3) is 22.6 Å². The number of fused-ring (bicyclic) bond motifs is 1. The van der Waals surface area contributed by atoms with Gasteiger partial charge < -0.3 is 4.98 Å². The Bertz CT molecular complexity index is 731. The summed E-state index contributed by atoms with van der Waals surface area (Å²) in [5.41, 5.74) is 5.10. The van der Waals surface area contributed by atoms with Crippen molar-refractivity contribution in [2.75, 3.05) is 0 Å². The van der Waals surface area contributed by atoms with Crippen LogP contribution in [0.15, 0.2) is 34.9 Å². The van der Waals surface area contributed by atoms with Gasteiger partial charge in [0.15, 0.2) is 5.65 Å². The topological polar surface area (TPSA) is 41.6 Å². The molecule has 3 rings (SSSR count). The highest BCUT2D eigenvalue weighted by atomic mass is 79.9. The van der Waals surface area contributed by atoms with Crippen LogP contribution >= 0.6 is 15.9 Å². The number of aryl methyl sites for hydroxylation is 2. The minimum atomic E-state index is 0.754. The second-order valence-corrected chi connectivity index (χ2v) is 5.20. The molecule has 1 aromatic carbocycles. The predicted molar refractivity (Wildman–Crippen MR) is 76.5 cm³/mol. The van der Waals surface area contributed by atoms with Crippen LogP contribution in [0, 0.1) is 13.8 Å². The molecule has 2 heterocycles. The number of halogens is 1. The maximum Gasteiger partial charge on any atom is 0.178 e. The van der Waals surface area contributed by atoms with Gasteiger partial charge in [-0.05, 0) is 47.0 Å². The molecule has 2 aromatic heterocycles. The van der Waals surface area contributed by atoms with Gasteiger partial charge in [0.1, 0.15) is 5.82 Å². The summed E-state index contributed by atoms with van der Waals surface area (Å²) in [5, 5.41) is 0. The fraction of sp³-hybridized carbons (Fsp3) is 0.143. The number of pyridine rings is 1. The summed E-state index contributed by atoms with van der Waals surface area (Å²) < 4.78 is 1.07. The quantitative estimate of drug-likeness (QED) is 0.738. The first-order valence-corrected chi connectivity index (χ1v) is 6.52. The maximum atomic E-state index is 4.53. The van der Waals surface area contributed by atoms with E-state index in [4.69, 9.17) is 0 Å². The minimum absolute atomic E-state index is 0.754. The van der Waals surface area contributed by atoms with E-state index in [-0.39, 0.29) is 0 Å². The number of H-pyrrole nitrogens is 1. The number of benzene rings is 1. The Morgan fingerprint density at radius 2 is 2.06 bits per heavy atom. The molecule has 18 heavy (non-hydrogen) atoms. The second kappa shape index (κ2) is 4.21. The molecule has 0 saturated heterocycles. The summed E-state index contributed by atoms with van der Waals surface area (Å²) in [6, 6.07) is 8.20. The molecule has 0 fully saturated rings. The highest BCUT2D eigenvalue weighted by molar-refractivity contribution is 9.10. The average Bonchev–Trinajstić information content (AvgIpc) is 2.75. The van der Waals surface area contributed by atoms with E-state index in [1.807, 2.05) is 25.3 Å². The van der Waals surface area contributed by atoms with Crippen LogP contribution in [0.2, 0.25) is 0 Å². The van der Waals surface area contributed by atoms with Crippen LogP contribution in [-0.4, -0.2) is 15.0 Å². The monoisotopic (exact) mass is 301 g/mol. The largest absolute Gasteiger partial charge is 0.337 e. The first-order chi connectivity index (χ1) is 8.65. The number of aromatic nitrogens is 3. The molecule has 3 aromatic rings. The van der Waals surface area contributed by atoms with Crippen LogP contribution in [0.1, 0.15) is 11.1 Å². The van der Waals surface area contributed by atoms with E-state index >= 15 is 0 Å². The van der Waals surface area contributed by atoms with Gasteiger partial charge in [-0.1, -0.05) is 18.2 Å². The first-order valence-electron chi connectivity index (χ1n) is 5.73. The predicted octanol–water partition coefficient (Wildman–Crippen LogP) is 4.00. The van der Waals surface area contributed by atoms with Crippen LogP contribution in [0.5, 0.6) is 0 Å². The zero-order valence-electron chi connectivity index (χ0n) is 10.2. The smallest absolute Gasteiger partial charge is 0.178 e. The summed E-state index contributed by atoms with van der Waals surface area (Å²) in [5.74, 6) is 0.846. The van der Waals surface area contributed by atoms with Crippen molar-refractivity contribution in [2.45, 2.75) is 13.8 Å². The number of hydrogen-bond donors (Lipinski definition) is 1. The molecule has 0 spiro atoms. The Morgan fingerprint density at radius 1 is 1.22 bits per heavy atom. The molecule has 0 saturated carbocycles. The van der Waals surface area contributed by atoms with E-state index in [2.05, 4.69) is 49.9 Å². The lowest BCUT2D eigenvalue weighted by Crippen LogP contribution is -1.85. The molecule has 90 valence electrons. The van der Waals surface area contributed by atoms with Gasteiger partial charge >= 0.3 is 0 Å². The lowest BCUT2D eigenvalue weighted by atomic mass is 10.1. The van der Waals surface area contributed by atoms with E-state index in [1.165, 1.54) is 5.56 Å². The molecule has 0 aliphatic carbocycles. The Hall–Kier alpha value is -1.68. The third kappa shape index (κ3) is 1.82. The molecule has 3 nitrogen and oxygen atoms in total. The van der Waals surface area contributed by atoms with Crippen molar-refractivity contribution < 1.29 is 0 Å². The standard InChI is InChI=1S/C14H12BrN3/c1-8-6-11-14(16-7-8)18-13(17-11)10-5-3-4-9(2)12(10)15/h3-7H,1-2H3,(H,16,17,18). The van der Waals surface area contributed by atoms with Gasteiger partial charge in [0.2, 0.25) is 0 Å². The van der Waals surface area contributed by atoms with Crippen molar-refractivity contribution in [2.24, 2.45) is 0 Å². The molecule has 0 radical (unpaired) electrons. The zero-order valence-corrected chi connectivity index (χ0v) is 11.7. The number of hydrogen-bond acceptors (Lipinski definition) is 2. The molecule has 4 heteroatoms.